The minimum absolute atomic E-state index is 0.0405. The van der Waals surface area contributed by atoms with Crippen molar-refractivity contribution in [1.82, 2.24) is 0 Å². The van der Waals surface area contributed by atoms with Gasteiger partial charge in [0.2, 0.25) is 0 Å². The normalized spacial score (nSPS) is 18.7. The number of rotatable bonds is 3. The van der Waals surface area contributed by atoms with Gasteiger partial charge >= 0.3 is 5.97 Å². The molecule has 1 aliphatic rings. The first-order chi connectivity index (χ1) is 5.84. The van der Waals surface area contributed by atoms with E-state index in [0.717, 1.165) is 12.8 Å². The van der Waals surface area contributed by atoms with Gasteiger partial charge in [-0.1, -0.05) is 12.7 Å². The van der Waals surface area contributed by atoms with Gasteiger partial charge in [0.15, 0.2) is 0 Å². The predicted molar refractivity (Wildman–Crippen MR) is 44.7 cm³/mol. The van der Waals surface area contributed by atoms with Gasteiger partial charge in [0.1, 0.15) is 6.61 Å². The largest absolute Gasteiger partial charge is 0.461 e. The van der Waals surface area contributed by atoms with Gasteiger partial charge in [-0.2, -0.15) is 0 Å². The maximum Gasteiger partial charge on any atom is 0.309 e. The zero-order valence-electron chi connectivity index (χ0n) is 7.12. The molecule has 0 aromatic heterocycles. The van der Waals surface area contributed by atoms with Gasteiger partial charge in [0.25, 0.3) is 0 Å². The quantitative estimate of drug-likeness (QED) is 0.470. The van der Waals surface area contributed by atoms with Gasteiger partial charge in [-0.05, 0) is 12.8 Å². The highest BCUT2D eigenvalue weighted by molar-refractivity contribution is 5.72. The molecule has 12 heavy (non-hydrogen) atoms. The molecule has 68 valence electrons. The number of ether oxygens (including phenoxy) is 2. The van der Waals surface area contributed by atoms with Crippen molar-refractivity contribution in [1.29, 1.82) is 0 Å². The van der Waals surface area contributed by atoms with E-state index in [1.54, 1.807) is 6.08 Å². The molecular formula is C9H14O3. The number of hydrogen-bond donors (Lipinski definition) is 0. The number of carbonyl (C=O) groups excluding carboxylic acids is 1. The fourth-order valence-corrected chi connectivity index (χ4v) is 1.19. The highest BCUT2D eigenvalue weighted by Crippen LogP contribution is 2.15. The summed E-state index contributed by atoms with van der Waals surface area (Å²) in [5, 5.41) is 0. The topological polar surface area (TPSA) is 35.5 Å². The van der Waals surface area contributed by atoms with Gasteiger partial charge in [-0.15, -0.1) is 0 Å². The summed E-state index contributed by atoms with van der Waals surface area (Å²) in [7, 11) is 0. The summed E-state index contributed by atoms with van der Waals surface area (Å²) in [4.78, 5) is 11.2. The van der Waals surface area contributed by atoms with E-state index in [0.29, 0.717) is 19.8 Å². The number of esters is 1. The Balaban J connectivity index is 2.24. The van der Waals surface area contributed by atoms with Gasteiger partial charge in [-0.25, -0.2) is 0 Å². The summed E-state index contributed by atoms with van der Waals surface area (Å²) in [6, 6.07) is 0. The monoisotopic (exact) mass is 170 g/mol. The average Bonchev–Trinajstić information content (AvgIpc) is 2.15. The molecule has 1 fully saturated rings. The minimum atomic E-state index is -0.113. The molecule has 1 heterocycles. The third-order valence-electron chi connectivity index (χ3n) is 1.90. The van der Waals surface area contributed by atoms with Crippen LogP contribution in [0.25, 0.3) is 0 Å². The van der Waals surface area contributed by atoms with E-state index in [2.05, 4.69) is 6.58 Å². The standard InChI is InChI=1S/C9H14O3/c1-2-5-12-9(10)8-3-6-11-7-4-8/h2,8H,1,3-7H2. The molecule has 0 unspecified atom stereocenters. The minimum Gasteiger partial charge on any atom is -0.461 e. The van der Waals surface area contributed by atoms with Crippen LogP contribution in [0.2, 0.25) is 0 Å². The van der Waals surface area contributed by atoms with Crippen molar-refractivity contribution < 1.29 is 14.3 Å². The van der Waals surface area contributed by atoms with Gasteiger partial charge in [0, 0.05) is 13.2 Å². The van der Waals surface area contributed by atoms with Crippen LogP contribution in [-0.4, -0.2) is 25.8 Å². The van der Waals surface area contributed by atoms with Crippen molar-refractivity contribution in [3.05, 3.63) is 12.7 Å². The molecule has 3 heteroatoms. The Morgan fingerprint density at radius 1 is 1.58 bits per heavy atom. The van der Waals surface area contributed by atoms with E-state index in [1.165, 1.54) is 0 Å². The lowest BCUT2D eigenvalue weighted by Crippen LogP contribution is -2.25. The second-order valence-electron chi connectivity index (χ2n) is 2.81. The number of hydrogen-bond acceptors (Lipinski definition) is 3. The zero-order chi connectivity index (χ0) is 8.81. The molecule has 0 N–H and O–H groups in total. The molecule has 3 nitrogen and oxygen atoms in total. The fraction of sp³-hybridized carbons (Fsp3) is 0.667. The maximum atomic E-state index is 11.2. The Labute approximate surface area is 72.4 Å². The van der Waals surface area contributed by atoms with Gasteiger partial charge in [0.05, 0.1) is 5.92 Å². The van der Waals surface area contributed by atoms with E-state index < -0.39 is 0 Å². The van der Waals surface area contributed by atoms with Crippen LogP contribution in [0, 0.1) is 5.92 Å². The predicted octanol–water partition coefficient (Wildman–Crippen LogP) is 1.14. The summed E-state index contributed by atoms with van der Waals surface area (Å²) in [6.07, 6.45) is 3.16. The molecule has 1 rings (SSSR count). The fourth-order valence-electron chi connectivity index (χ4n) is 1.19. The third-order valence-corrected chi connectivity index (χ3v) is 1.90. The Morgan fingerprint density at radius 2 is 2.25 bits per heavy atom. The van der Waals surface area contributed by atoms with E-state index in [1.807, 2.05) is 0 Å². The molecular weight excluding hydrogens is 156 g/mol. The van der Waals surface area contributed by atoms with Crippen molar-refractivity contribution in [3.8, 4) is 0 Å². The Morgan fingerprint density at radius 3 is 2.83 bits per heavy atom. The van der Waals surface area contributed by atoms with Gasteiger partial charge in [-0.3, -0.25) is 4.79 Å². The lowest BCUT2D eigenvalue weighted by Gasteiger charge is -2.19. The molecule has 0 radical (unpaired) electrons. The third kappa shape index (κ3) is 2.66. The lowest BCUT2D eigenvalue weighted by molar-refractivity contribution is -0.150. The summed E-state index contributed by atoms with van der Waals surface area (Å²) in [6.45, 7) is 5.14. The molecule has 0 atom stereocenters. The first kappa shape index (κ1) is 9.26. The molecule has 0 spiro atoms. The molecule has 0 amide bonds. The van der Waals surface area contributed by atoms with Crippen molar-refractivity contribution in [2.24, 2.45) is 5.92 Å². The van der Waals surface area contributed by atoms with Crippen LogP contribution in [0.5, 0.6) is 0 Å². The summed E-state index contributed by atoms with van der Waals surface area (Å²) >= 11 is 0. The van der Waals surface area contributed by atoms with E-state index in [9.17, 15) is 4.79 Å². The Bertz CT molecular complexity index is 159. The zero-order valence-corrected chi connectivity index (χ0v) is 7.12. The Kier molecular flexibility index (Phi) is 3.80. The molecule has 1 aliphatic heterocycles. The average molecular weight is 170 g/mol. The Hall–Kier alpha value is -0.830. The highest BCUT2D eigenvalue weighted by atomic mass is 16.5. The first-order valence-corrected chi connectivity index (χ1v) is 4.20. The maximum absolute atomic E-state index is 11.2. The van der Waals surface area contributed by atoms with E-state index >= 15 is 0 Å². The molecule has 0 aromatic rings. The van der Waals surface area contributed by atoms with E-state index in [-0.39, 0.29) is 11.9 Å². The molecule has 0 saturated carbocycles. The van der Waals surface area contributed by atoms with Crippen LogP contribution in [0.3, 0.4) is 0 Å². The molecule has 0 bridgehead atoms. The summed E-state index contributed by atoms with van der Waals surface area (Å²) in [5.74, 6) is -0.0723. The lowest BCUT2D eigenvalue weighted by atomic mass is 10.0. The van der Waals surface area contributed by atoms with E-state index in [4.69, 9.17) is 9.47 Å². The summed E-state index contributed by atoms with van der Waals surface area (Å²) in [5.41, 5.74) is 0. The van der Waals surface area contributed by atoms with Crippen molar-refractivity contribution >= 4 is 5.97 Å². The molecule has 1 saturated heterocycles. The number of carbonyl (C=O) groups is 1. The molecule has 0 aromatic carbocycles. The summed E-state index contributed by atoms with van der Waals surface area (Å²) < 4.78 is 10.0. The van der Waals surface area contributed by atoms with Gasteiger partial charge < -0.3 is 9.47 Å². The van der Waals surface area contributed by atoms with Crippen molar-refractivity contribution in [3.63, 3.8) is 0 Å². The second-order valence-corrected chi connectivity index (χ2v) is 2.81. The first-order valence-electron chi connectivity index (χ1n) is 4.20. The second kappa shape index (κ2) is 4.93. The van der Waals surface area contributed by atoms with Crippen molar-refractivity contribution in [2.75, 3.05) is 19.8 Å². The van der Waals surface area contributed by atoms with Crippen LogP contribution in [0.4, 0.5) is 0 Å². The SMILES string of the molecule is C=CCOC(=O)C1CCOCC1. The highest BCUT2D eigenvalue weighted by Gasteiger charge is 2.22. The molecule has 0 aliphatic carbocycles. The van der Waals surface area contributed by atoms with Crippen LogP contribution in [-0.2, 0) is 14.3 Å². The van der Waals surface area contributed by atoms with Crippen LogP contribution < -0.4 is 0 Å². The van der Waals surface area contributed by atoms with Crippen LogP contribution >= 0.6 is 0 Å². The smallest absolute Gasteiger partial charge is 0.309 e. The van der Waals surface area contributed by atoms with Crippen molar-refractivity contribution in [2.45, 2.75) is 12.8 Å². The van der Waals surface area contributed by atoms with Crippen LogP contribution in [0.15, 0.2) is 12.7 Å². The van der Waals surface area contributed by atoms with Crippen LogP contribution in [0.1, 0.15) is 12.8 Å².